The molecule has 0 aliphatic carbocycles. The molecule has 9 heteroatoms. The lowest BCUT2D eigenvalue weighted by Gasteiger charge is -2.47. The van der Waals surface area contributed by atoms with Crippen molar-refractivity contribution in [2.75, 3.05) is 6.61 Å². The molecule has 2 saturated heterocycles. The zero-order valence-electron chi connectivity index (χ0n) is 15.0. The maximum Gasteiger partial charge on any atom is 0.217 e. The number of rotatable bonds is 4. The number of aliphatic hydroxyl groups is 1. The molecule has 1 amide bonds. The normalized spacial score (nSPS) is 32.5. The van der Waals surface area contributed by atoms with E-state index in [0.717, 1.165) is 4.90 Å². The number of aliphatic hydroxyl groups excluding tert-OH is 1. The topological polar surface area (TPSA) is 90.2 Å². The molecule has 150 valence electrons. The van der Waals surface area contributed by atoms with Crippen molar-refractivity contribution < 1.29 is 32.9 Å². The summed E-state index contributed by atoms with van der Waals surface area (Å²) in [6.07, 6.45) is -1.50. The van der Waals surface area contributed by atoms with Gasteiger partial charge in [0.05, 0.1) is 18.9 Å². The van der Waals surface area contributed by atoms with Gasteiger partial charge in [-0.15, -0.1) is 0 Å². The molecular weight excluding hydrogens is 389 g/mol. The predicted molar refractivity (Wildman–Crippen MR) is 96.8 cm³/mol. The Hall–Kier alpha value is -1.91. The Morgan fingerprint density at radius 3 is 2.71 bits per heavy atom. The molecule has 0 spiro atoms. The van der Waals surface area contributed by atoms with Crippen molar-refractivity contribution in [3.05, 3.63) is 54.2 Å². The predicted octanol–water partition coefficient (Wildman–Crippen LogP) is 2.22. The highest BCUT2D eigenvalue weighted by Crippen LogP contribution is 2.39. The van der Waals surface area contributed by atoms with Crippen molar-refractivity contribution in [2.45, 2.75) is 47.9 Å². The quantitative estimate of drug-likeness (QED) is 0.800. The highest BCUT2D eigenvalue weighted by Gasteiger charge is 2.50. The maximum atomic E-state index is 13.2. The second-order valence-electron chi connectivity index (χ2n) is 6.61. The first-order valence-corrected chi connectivity index (χ1v) is 9.72. The van der Waals surface area contributed by atoms with E-state index >= 15 is 0 Å². The fourth-order valence-corrected chi connectivity index (χ4v) is 4.43. The van der Waals surface area contributed by atoms with E-state index in [0.29, 0.717) is 5.76 Å². The van der Waals surface area contributed by atoms with Crippen molar-refractivity contribution in [1.82, 2.24) is 5.32 Å². The summed E-state index contributed by atoms with van der Waals surface area (Å²) in [4.78, 5) is 12.4. The van der Waals surface area contributed by atoms with Crippen molar-refractivity contribution in [3.63, 3.8) is 0 Å². The van der Waals surface area contributed by atoms with E-state index in [2.05, 4.69) is 5.32 Å². The van der Waals surface area contributed by atoms with Gasteiger partial charge in [0, 0.05) is 11.8 Å². The third kappa shape index (κ3) is 4.08. The van der Waals surface area contributed by atoms with E-state index in [1.54, 1.807) is 24.3 Å². The van der Waals surface area contributed by atoms with E-state index in [-0.39, 0.29) is 18.3 Å². The van der Waals surface area contributed by atoms with Gasteiger partial charge >= 0.3 is 0 Å². The summed E-state index contributed by atoms with van der Waals surface area (Å²) in [5.41, 5.74) is -0.599. The van der Waals surface area contributed by atoms with Crippen LogP contribution < -0.4 is 5.32 Å². The average Bonchev–Trinajstić information content (AvgIpc) is 3.21. The molecule has 0 radical (unpaired) electrons. The first kappa shape index (κ1) is 19.4. The zero-order valence-corrected chi connectivity index (χ0v) is 15.8. The third-order valence-electron chi connectivity index (χ3n) is 4.58. The summed E-state index contributed by atoms with van der Waals surface area (Å²) in [5.74, 6) is -0.152. The monoisotopic (exact) mass is 409 g/mol. The van der Waals surface area contributed by atoms with Crippen LogP contribution in [0.5, 0.6) is 0 Å². The van der Waals surface area contributed by atoms with Crippen LogP contribution in [0.15, 0.2) is 52.0 Å². The average molecular weight is 409 g/mol. The van der Waals surface area contributed by atoms with Crippen molar-refractivity contribution in [3.8, 4) is 0 Å². The second kappa shape index (κ2) is 8.22. The van der Waals surface area contributed by atoms with Gasteiger partial charge in [-0.3, -0.25) is 4.79 Å². The minimum Gasteiger partial charge on any atom is -0.464 e. The summed E-state index contributed by atoms with van der Waals surface area (Å²) in [7, 11) is 0. The smallest absolute Gasteiger partial charge is 0.217 e. The highest BCUT2D eigenvalue weighted by molar-refractivity contribution is 7.99. The van der Waals surface area contributed by atoms with E-state index in [1.165, 1.54) is 37.1 Å². The van der Waals surface area contributed by atoms with Crippen molar-refractivity contribution in [1.29, 1.82) is 0 Å². The maximum absolute atomic E-state index is 13.2. The Bertz CT molecular complexity index is 801. The molecule has 0 saturated carbocycles. The van der Waals surface area contributed by atoms with Gasteiger partial charge in [-0.1, -0.05) is 11.8 Å². The molecule has 2 N–H and O–H groups in total. The molecule has 7 nitrogen and oxygen atoms in total. The van der Waals surface area contributed by atoms with Crippen LogP contribution in [0.25, 0.3) is 0 Å². The molecule has 28 heavy (non-hydrogen) atoms. The molecule has 6 atom stereocenters. The molecule has 2 fully saturated rings. The van der Waals surface area contributed by atoms with Gasteiger partial charge in [0.25, 0.3) is 0 Å². The highest BCUT2D eigenvalue weighted by atomic mass is 32.2. The molecule has 2 aliphatic heterocycles. The Labute approximate surface area is 165 Å². The number of amides is 1. The SMILES string of the molecule is CC(=O)NC1C(Sc2ccc(F)cc2)OC2COC(c3ccco3)OC2C1O. The number of fused-ring (bicyclic) bond motifs is 1. The minimum absolute atomic E-state index is 0.195. The zero-order chi connectivity index (χ0) is 19.7. The molecular formula is C19H20FNO6S. The minimum atomic E-state index is -1.03. The lowest BCUT2D eigenvalue weighted by Crippen LogP contribution is -2.65. The number of halogens is 1. The molecule has 0 bridgehead atoms. The van der Waals surface area contributed by atoms with Crippen LogP contribution in [0, 0.1) is 5.82 Å². The Morgan fingerprint density at radius 1 is 1.25 bits per heavy atom. The summed E-state index contributed by atoms with van der Waals surface area (Å²) >= 11 is 1.29. The summed E-state index contributed by atoms with van der Waals surface area (Å²) in [6, 6.07) is 8.65. The molecule has 2 aromatic rings. The lowest BCUT2D eigenvalue weighted by atomic mass is 9.97. The van der Waals surface area contributed by atoms with Gasteiger partial charge < -0.3 is 29.1 Å². The molecule has 1 aromatic heterocycles. The number of furan rings is 1. The van der Waals surface area contributed by atoms with Crippen LogP contribution in [-0.2, 0) is 19.0 Å². The van der Waals surface area contributed by atoms with Gasteiger partial charge in [-0.05, 0) is 36.4 Å². The summed E-state index contributed by atoms with van der Waals surface area (Å²) in [5, 5.41) is 13.7. The number of thioether (sulfide) groups is 1. The number of ether oxygens (including phenoxy) is 3. The largest absolute Gasteiger partial charge is 0.464 e. The molecule has 2 aliphatic rings. The lowest BCUT2D eigenvalue weighted by molar-refractivity contribution is -0.310. The number of benzene rings is 1. The standard InChI is InChI=1S/C19H20FNO6S/c1-10(22)21-15-16(23)17-14(9-25-18(27-17)13-3-2-8-24-13)26-19(15)28-12-6-4-11(20)5-7-12/h2-8,14-19,23H,9H2,1H3,(H,21,22). The van der Waals surface area contributed by atoms with Gasteiger partial charge in [-0.25, -0.2) is 4.39 Å². The van der Waals surface area contributed by atoms with Crippen LogP contribution in [0.3, 0.4) is 0 Å². The van der Waals surface area contributed by atoms with E-state index < -0.39 is 36.1 Å². The van der Waals surface area contributed by atoms with Crippen LogP contribution in [0.2, 0.25) is 0 Å². The number of nitrogens with one attached hydrogen (secondary N) is 1. The fourth-order valence-electron chi connectivity index (χ4n) is 3.30. The van der Waals surface area contributed by atoms with Gasteiger partial charge in [0.1, 0.15) is 29.6 Å². The second-order valence-corrected chi connectivity index (χ2v) is 7.78. The van der Waals surface area contributed by atoms with Crippen molar-refractivity contribution in [2.24, 2.45) is 0 Å². The van der Waals surface area contributed by atoms with Crippen molar-refractivity contribution >= 4 is 17.7 Å². The Morgan fingerprint density at radius 2 is 2.04 bits per heavy atom. The van der Waals surface area contributed by atoms with Gasteiger partial charge in [-0.2, -0.15) is 0 Å². The summed E-state index contributed by atoms with van der Waals surface area (Å²) in [6.45, 7) is 1.56. The van der Waals surface area contributed by atoms with E-state index in [4.69, 9.17) is 18.6 Å². The Kier molecular flexibility index (Phi) is 5.70. The summed E-state index contributed by atoms with van der Waals surface area (Å²) < 4.78 is 36.1. The van der Waals surface area contributed by atoms with Crippen LogP contribution in [-0.4, -0.2) is 47.4 Å². The Balaban J connectivity index is 1.53. The third-order valence-corrected chi connectivity index (χ3v) is 5.76. The molecule has 6 unspecified atom stereocenters. The van der Waals surface area contributed by atoms with E-state index in [9.17, 15) is 14.3 Å². The first-order chi connectivity index (χ1) is 13.5. The van der Waals surface area contributed by atoms with Gasteiger partial charge in [0.2, 0.25) is 12.2 Å². The number of hydrogen-bond donors (Lipinski definition) is 2. The molecule has 1 aromatic carbocycles. The number of hydrogen-bond acceptors (Lipinski definition) is 7. The van der Waals surface area contributed by atoms with Gasteiger partial charge in [0.15, 0.2) is 5.76 Å². The van der Waals surface area contributed by atoms with Crippen LogP contribution in [0.1, 0.15) is 19.0 Å². The molecule has 3 heterocycles. The van der Waals surface area contributed by atoms with E-state index in [1.807, 2.05) is 0 Å². The number of carbonyl (C=O) groups is 1. The first-order valence-electron chi connectivity index (χ1n) is 8.84. The molecule has 4 rings (SSSR count). The number of carbonyl (C=O) groups excluding carboxylic acids is 1. The fraction of sp³-hybridized carbons (Fsp3) is 0.421. The van der Waals surface area contributed by atoms with Crippen LogP contribution >= 0.6 is 11.8 Å². The van der Waals surface area contributed by atoms with Crippen LogP contribution in [0.4, 0.5) is 4.39 Å².